The Hall–Kier alpha value is -3.62. The number of amides is 1. The Morgan fingerprint density at radius 3 is 2.53 bits per heavy atom. The molecule has 0 aliphatic rings. The number of aromatic nitrogens is 3. The number of rotatable bonds is 6. The Morgan fingerprint density at radius 1 is 1.03 bits per heavy atom. The van der Waals surface area contributed by atoms with Crippen molar-refractivity contribution in [2.75, 3.05) is 5.32 Å². The molecule has 1 unspecified atom stereocenters. The second-order valence-electron chi connectivity index (χ2n) is 7.91. The summed E-state index contributed by atoms with van der Waals surface area (Å²) in [5.74, 6) is -0.318. The maximum atomic E-state index is 13.4. The van der Waals surface area contributed by atoms with Gasteiger partial charge in [-0.3, -0.25) is 14.2 Å². The van der Waals surface area contributed by atoms with Crippen molar-refractivity contribution in [3.63, 3.8) is 0 Å². The Bertz CT molecular complexity index is 1520. The van der Waals surface area contributed by atoms with Crippen LogP contribution in [0.15, 0.2) is 76.5 Å². The molecule has 1 atom stereocenters. The fourth-order valence-electron chi connectivity index (χ4n) is 3.76. The number of aryl methyl sites for hydroxylation is 1. The summed E-state index contributed by atoms with van der Waals surface area (Å²) in [7, 11) is 0. The number of carbonyl (C=O) groups excluding carboxylic acids is 1. The summed E-state index contributed by atoms with van der Waals surface area (Å²) in [5, 5.41) is 7.73. The fourth-order valence-corrected chi connectivity index (χ4v) is 5.39. The molecule has 1 amide bonds. The van der Waals surface area contributed by atoms with E-state index in [1.54, 1.807) is 6.92 Å². The third-order valence-electron chi connectivity index (χ3n) is 5.79. The molecule has 0 saturated carbocycles. The van der Waals surface area contributed by atoms with Crippen LogP contribution < -0.4 is 10.9 Å². The molecule has 0 radical (unpaired) electrons. The molecular formula is C26H22N4O2S2. The zero-order valence-corrected chi connectivity index (χ0v) is 20.3. The average Bonchev–Trinajstić information content (AvgIpc) is 3.52. The van der Waals surface area contributed by atoms with Gasteiger partial charge < -0.3 is 5.32 Å². The molecule has 3 heterocycles. The van der Waals surface area contributed by atoms with Crippen LogP contribution in [0.3, 0.4) is 0 Å². The van der Waals surface area contributed by atoms with Crippen molar-refractivity contribution in [2.24, 2.45) is 0 Å². The van der Waals surface area contributed by atoms with Gasteiger partial charge in [0.15, 0.2) is 5.13 Å². The molecule has 5 rings (SSSR count). The highest BCUT2D eigenvalue weighted by Crippen LogP contribution is 2.31. The summed E-state index contributed by atoms with van der Waals surface area (Å²) in [6, 6.07) is 17.2. The molecule has 5 aromatic rings. The van der Waals surface area contributed by atoms with E-state index in [0.717, 1.165) is 28.8 Å². The van der Waals surface area contributed by atoms with Crippen LogP contribution in [0.2, 0.25) is 0 Å². The summed E-state index contributed by atoms with van der Waals surface area (Å²) in [6.45, 7) is 3.80. The zero-order valence-electron chi connectivity index (χ0n) is 18.7. The molecule has 2 aromatic carbocycles. The van der Waals surface area contributed by atoms with Crippen LogP contribution in [-0.2, 0) is 11.2 Å². The van der Waals surface area contributed by atoms with Gasteiger partial charge in [-0.25, -0.2) is 9.97 Å². The number of nitrogens with zero attached hydrogens (tertiary/aromatic N) is 3. The Morgan fingerprint density at radius 2 is 1.79 bits per heavy atom. The van der Waals surface area contributed by atoms with Crippen LogP contribution in [0.25, 0.3) is 32.6 Å². The third kappa shape index (κ3) is 4.18. The second kappa shape index (κ2) is 9.32. The van der Waals surface area contributed by atoms with Crippen molar-refractivity contribution in [1.82, 2.24) is 14.5 Å². The first-order valence-electron chi connectivity index (χ1n) is 10.9. The lowest BCUT2D eigenvalue weighted by molar-refractivity contribution is -0.118. The summed E-state index contributed by atoms with van der Waals surface area (Å²) in [5.41, 5.74) is 4.60. The first kappa shape index (κ1) is 22.2. The van der Waals surface area contributed by atoms with E-state index in [9.17, 15) is 9.59 Å². The lowest BCUT2D eigenvalue weighted by Gasteiger charge is -2.14. The van der Waals surface area contributed by atoms with Crippen LogP contribution >= 0.6 is 22.7 Å². The van der Waals surface area contributed by atoms with Gasteiger partial charge in [-0.15, -0.1) is 22.7 Å². The molecule has 0 bridgehead atoms. The molecular weight excluding hydrogens is 464 g/mol. The molecule has 8 heteroatoms. The lowest BCUT2D eigenvalue weighted by atomic mass is 10.0. The number of thiazole rings is 1. The molecule has 0 spiro atoms. The average molecular weight is 487 g/mol. The summed E-state index contributed by atoms with van der Waals surface area (Å²) >= 11 is 2.78. The molecule has 6 nitrogen and oxygen atoms in total. The van der Waals surface area contributed by atoms with Crippen molar-refractivity contribution in [2.45, 2.75) is 26.3 Å². The van der Waals surface area contributed by atoms with Crippen molar-refractivity contribution < 1.29 is 4.79 Å². The number of carbonyl (C=O) groups is 1. The van der Waals surface area contributed by atoms with Gasteiger partial charge in [0, 0.05) is 21.9 Å². The quantitative estimate of drug-likeness (QED) is 0.319. The maximum Gasteiger partial charge on any atom is 0.263 e. The zero-order chi connectivity index (χ0) is 23.7. The summed E-state index contributed by atoms with van der Waals surface area (Å²) in [4.78, 5) is 36.1. The van der Waals surface area contributed by atoms with Gasteiger partial charge in [0.2, 0.25) is 5.91 Å². The molecule has 3 aromatic heterocycles. The predicted molar refractivity (Wildman–Crippen MR) is 140 cm³/mol. The standard InChI is InChI=1S/C26H22N4O2S2/c1-3-17-9-11-18(12-10-17)20-13-33-24-22(20)25(32)30(15-27-24)16(2)23(31)29-26-28-21(14-34-26)19-7-5-4-6-8-19/h4-16H,3H2,1-2H3,(H,28,29,31). The maximum absolute atomic E-state index is 13.4. The van der Waals surface area contributed by atoms with E-state index in [1.165, 1.54) is 39.1 Å². The monoisotopic (exact) mass is 486 g/mol. The number of anilines is 1. The van der Waals surface area contributed by atoms with Gasteiger partial charge >= 0.3 is 0 Å². The lowest BCUT2D eigenvalue weighted by Crippen LogP contribution is -2.31. The highest BCUT2D eigenvalue weighted by atomic mass is 32.1. The molecule has 0 aliphatic carbocycles. The third-order valence-corrected chi connectivity index (χ3v) is 7.44. The van der Waals surface area contributed by atoms with Crippen molar-refractivity contribution in [3.05, 3.63) is 87.6 Å². The van der Waals surface area contributed by atoms with E-state index in [0.29, 0.717) is 15.3 Å². The van der Waals surface area contributed by atoms with Crippen LogP contribution in [0.1, 0.15) is 25.5 Å². The number of fused-ring (bicyclic) bond motifs is 1. The predicted octanol–water partition coefficient (Wildman–Crippen LogP) is 6.01. The van der Waals surface area contributed by atoms with E-state index >= 15 is 0 Å². The SMILES string of the molecule is CCc1ccc(-c2csc3ncn(C(C)C(=O)Nc4nc(-c5ccccc5)cs4)c(=O)c23)cc1. The minimum absolute atomic E-state index is 0.229. The van der Waals surface area contributed by atoms with E-state index in [-0.39, 0.29) is 11.5 Å². The number of benzene rings is 2. The smallest absolute Gasteiger partial charge is 0.263 e. The normalized spacial score (nSPS) is 12.1. The van der Waals surface area contributed by atoms with Crippen molar-refractivity contribution in [1.29, 1.82) is 0 Å². The molecule has 0 fully saturated rings. The second-order valence-corrected chi connectivity index (χ2v) is 9.62. The first-order valence-corrected chi connectivity index (χ1v) is 12.7. The molecule has 0 saturated heterocycles. The number of hydrogen-bond donors (Lipinski definition) is 1. The van der Waals surface area contributed by atoms with Gasteiger partial charge in [0.25, 0.3) is 5.56 Å². The minimum Gasteiger partial charge on any atom is -0.300 e. The van der Waals surface area contributed by atoms with Gasteiger partial charge in [-0.1, -0.05) is 61.5 Å². The van der Waals surface area contributed by atoms with Crippen molar-refractivity contribution >= 4 is 43.9 Å². The molecule has 0 aliphatic heterocycles. The number of hydrogen-bond acceptors (Lipinski definition) is 6. The molecule has 34 heavy (non-hydrogen) atoms. The Labute approximate surface area is 204 Å². The van der Waals surface area contributed by atoms with E-state index in [2.05, 4.69) is 34.3 Å². The topological polar surface area (TPSA) is 76.9 Å². The van der Waals surface area contributed by atoms with Crippen LogP contribution in [0.5, 0.6) is 0 Å². The fraction of sp³-hybridized carbons (Fsp3) is 0.154. The van der Waals surface area contributed by atoms with E-state index in [1.807, 2.05) is 53.2 Å². The first-order chi connectivity index (χ1) is 16.5. The number of nitrogens with one attached hydrogen (secondary N) is 1. The van der Waals surface area contributed by atoms with Crippen LogP contribution in [0.4, 0.5) is 5.13 Å². The summed E-state index contributed by atoms with van der Waals surface area (Å²) in [6.07, 6.45) is 2.41. The highest BCUT2D eigenvalue weighted by molar-refractivity contribution is 7.17. The van der Waals surface area contributed by atoms with Crippen LogP contribution in [0, 0.1) is 0 Å². The highest BCUT2D eigenvalue weighted by Gasteiger charge is 2.21. The van der Waals surface area contributed by atoms with Crippen LogP contribution in [-0.4, -0.2) is 20.4 Å². The largest absolute Gasteiger partial charge is 0.300 e. The van der Waals surface area contributed by atoms with Gasteiger partial charge in [-0.05, 0) is 24.5 Å². The molecule has 1 N–H and O–H groups in total. The minimum atomic E-state index is -0.747. The number of thiophene rings is 1. The van der Waals surface area contributed by atoms with E-state index in [4.69, 9.17) is 0 Å². The van der Waals surface area contributed by atoms with Gasteiger partial charge in [-0.2, -0.15) is 0 Å². The van der Waals surface area contributed by atoms with E-state index < -0.39 is 6.04 Å². The molecule has 170 valence electrons. The Balaban J connectivity index is 1.42. The van der Waals surface area contributed by atoms with Gasteiger partial charge in [0.05, 0.1) is 17.4 Å². The summed E-state index contributed by atoms with van der Waals surface area (Å²) < 4.78 is 1.39. The van der Waals surface area contributed by atoms with Gasteiger partial charge in [0.1, 0.15) is 10.9 Å². The van der Waals surface area contributed by atoms with Crippen molar-refractivity contribution in [3.8, 4) is 22.4 Å². The Kier molecular flexibility index (Phi) is 6.08.